The highest BCUT2D eigenvalue weighted by atomic mass is 15.2. The highest BCUT2D eigenvalue weighted by Gasteiger charge is 2.22. The van der Waals surface area contributed by atoms with Crippen LogP contribution >= 0.6 is 0 Å². The quantitative estimate of drug-likeness (QED) is 0.129. The topological polar surface area (TPSA) is 6.48 Å². The number of nitrogens with zero attached hydrogens (tertiary/aromatic N) is 2. The maximum Gasteiger partial charge on any atom is 0.0462 e. The van der Waals surface area contributed by atoms with E-state index in [1.54, 1.807) is 0 Å². The van der Waals surface area contributed by atoms with Gasteiger partial charge in [0.1, 0.15) is 0 Å². The van der Waals surface area contributed by atoms with E-state index in [2.05, 4.69) is 259 Å². The molecule has 2 aliphatic rings. The molecular formula is C60H48N2. The van der Waals surface area contributed by atoms with Gasteiger partial charge in [-0.05, 0) is 130 Å². The Morgan fingerprint density at radius 2 is 0.726 bits per heavy atom. The molecule has 62 heavy (non-hydrogen) atoms. The van der Waals surface area contributed by atoms with Gasteiger partial charge >= 0.3 is 0 Å². The van der Waals surface area contributed by atoms with E-state index in [0.717, 1.165) is 36.3 Å². The fourth-order valence-electron chi connectivity index (χ4n) is 8.83. The van der Waals surface area contributed by atoms with Gasteiger partial charge in [-0.3, -0.25) is 0 Å². The molecular weight excluding hydrogens is 749 g/mol. The van der Waals surface area contributed by atoms with Crippen molar-refractivity contribution in [2.75, 3.05) is 9.80 Å². The second-order valence-corrected chi connectivity index (χ2v) is 16.0. The molecule has 0 aromatic heterocycles. The summed E-state index contributed by atoms with van der Waals surface area (Å²) in [5.74, 6) is 0.385. The maximum atomic E-state index is 2.47. The van der Waals surface area contributed by atoms with Gasteiger partial charge in [0.15, 0.2) is 0 Å². The van der Waals surface area contributed by atoms with Gasteiger partial charge in [-0.25, -0.2) is 0 Å². The van der Waals surface area contributed by atoms with Gasteiger partial charge in [-0.15, -0.1) is 0 Å². The minimum Gasteiger partial charge on any atom is -0.315 e. The van der Waals surface area contributed by atoms with Crippen LogP contribution in [0.1, 0.15) is 36.3 Å². The number of allylic oxidation sites excluding steroid dienone is 7. The van der Waals surface area contributed by atoms with E-state index in [4.69, 9.17) is 0 Å². The standard InChI is InChI=1S/C60H48N2/c1-5-13-45(14-6-1)49-21-33-55(34-22-49)61(56-35-23-50(24-36-56)46-15-7-2-8-16-46)59-41-29-53(30-42-59)54-31-43-60(44-32-54)62(57-37-25-51(26-38-57)47-17-9-3-10-18-47)58-39-27-52(28-40-58)48-19-11-4-12-20-48/h1-27,29-31,33-43,52H,28,32,44H2. The molecule has 0 heterocycles. The monoisotopic (exact) mass is 796 g/mol. The lowest BCUT2D eigenvalue weighted by atomic mass is 9.90. The first-order valence-electron chi connectivity index (χ1n) is 21.7. The Balaban J connectivity index is 0.943. The van der Waals surface area contributed by atoms with Crippen LogP contribution in [-0.2, 0) is 0 Å². The number of rotatable bonds is 11. The molecule has 8 aromatic carbocycles. The van der Waals surface area contributed by atoms with Crippen molar-refractivity contribution in [1.29, 1.82) is 0 Å². The third kappa shape index (κ3) is 8.37. The second kappa shape index (κ2) is 17.9. The van der Waals surface area contributed by atoms with Crippen LogP contribution in [0.2, 0.25) is 0 Å². The molecule has 1 unspecified atom stereocenters. The lowest BCUT2D eigenvalue weighted by Crippen LogP contribution is -2.23. The Bertz CT molecular complexity index is 2770. The first-order chi connectivity index (χ1) is 30.7. The molecule has 0 fully saturated rings. The molecule has 2 nitrogen and oxygen atoms in total. The Kier molecular flexibility index (Phi) is 11.1. The van der Waals surface area contributed by atoms with Crippen molar-refractivity contribution in [2.45, 2.75) is 25.2 Å². The van der Waals surface area contributed by atoms with Crippen LogP contribution < -0.4 is 9.80 Å². The summed E-state index contributed by atoms with van der Waals surface area (Å²) in [4.78, 5) is 4.82. The zero-order valence-corrected chi connectivity index (χ0v) is 34.8. The van der Waals surface area contributed by atoms with Crippen molar-refractivity contribution in [3.8, 4) is 33.4 Å². The van der Waals surface area contributed by atoms with Gasteiger partial charge < -0.3 is 9.80 Å². The fourth-order valence-corrected chi connectivity index (χ4v) is 8.83. The van der Waals surface area contributed by atoms with Crippen molar-refractivity contribution in [3.05, 3.63) is 271 Å². The fraction of sp³-hybridized carbons (Fsp3) is 0.0667. The number of benzene rings is 8. The zero-order chi connectivity index (χ0) is 41.5. The van der Waals surface area contributed by atoms with Crippen LogP contribution in [0.4, 0.5) is 22.7 Å². The van der Waals surface area contributed by atoms with Crippen molar-refractivity contribution in [2.24, 2.45) is 0 Å². The predicted molar refractivity (Wildman–Crippen MR) is 263 cm³/mol. The molecule has 0 aliphatic heterocycles. The Morgan fingerprint density at radius 1 is 0.339 bits per heavy atom. The Morgan fingerprint density at radius 3 is 1.11 bits per heavy atom. The molecule has 0 N–H and O–H groups in total. The van der Waals surface area contributed by atoms with Crippen LogP contribution in [0.3, 0.4) is 0 Å². The SMILES string of the molecule is C1=CC(c2ccccc2)CC=C1N(C1=CC=C(c2ccc(N(c3ccc(-c4ccccc4)cc3)c3ccc(-c4ccccc4)cc3)cc2)CC1)c1ccc(-c2ccccc2)cc1. The lowest BCUT2D eigenvalue weighted by Gasteiger charge is -2.32. The van der Waals surface area contributed by atoms with E-state index in [0.29, 0.717) is 5.92 Å². The van der Waals surface area contributed by atoms with Gasteiger partial charge in [-0.1, -0.05) is 188 Å². The molecule has 1 atom stereocenters. The van der Waals surface area contributed by atoms with E-state index in [9.17, 15) is 0 Å². The van der Waals surface area contributed by atoms with Crippen LogP contribution in [0, 0.1) is 0 Å². The summed E-state index contributed by atoms with van der Waals surface area (Å²) in [5.41, 5.74) is 18.3. The van der Waals surface area contributed by atoms with E-state index < -0.39 is 0 Å². The van der Waals surface area contributed by atoms with Crippen molar-refractivity contribution in [3.63, 3.8) is 0 Å². The molecule has 0 spiro atoms. The number of hydrogen-bond acceptors (Lipinski definition) is 2. The molecule has 8 aromatic rings. The molecule has 0 amide bonds. The highest BCUT2D eigenvalue weighted by Crippen LogP contribution is 2.40. The van der Waals surface area contributed by atoms with Gasteiger partial charge in [0, 0.05) is 40.1 Å². The number of hydrogen-bond donors (Lipinski definition) is 0. The van der Waals surface area contributed by atoms with E-state index in [1.807, 2.05) is 0 Å². The Labute approximate surface area is 366 Å². The van der Waals surface area contributed by atoms with E-state index in [1.165, 1.54) is 67.2 Å². The summed E-state index contributed by atoms with van der Waals surface area (Å²) in [5, 5.41) is 0. The molecule has 2 heteroatoms. The average Bonchev–Trinajstić information content (AvgIpc) is 3.36. The highest BCUT2D eigenvalue weighted by molar-refractivity contribution is 5.81. The second-order valence-electron chi connectivity index (χ2n) is 16.0. The smallest absolute Gasteiger partial charge is 0.0462 e. The summed E-state index contributed by atoms with van der Waals surface area (Å²) >= 11 is 0. The minimum absolute atomic E-state index is 0.385. The third-order valence-electron chi connectivity index (χ3n) is 12.2. The maximum absolute atomic E-state index is 2.47. The van der Waals surface area contributed by atoms with Gasteiger partial charge in [0.25, 0.3) is 0 Å². The van der Waals surface area contributed by atoms with Gasteiger partial charge in [0.2, 0.25) is 0 Å². The van der Waals surface area contributed by atoms with Crippen LogP contribution in [0.15, 0.2) is 260 Å². The largest absolute Gasteiger partial charge is 0.315 e. The molecule has 2 aliphatic carbocycles. The summed E-state index contributed by atoms with van der Waals surface area (Å²) in [6.07, 6.45) is 14.7. The predicted octanol–water partition coefficient (Wildman–Crippen LogP) is 16.4. The molecule has 0 bridgehead atoms. The van der Waals surface area contributed by atoms with Crippen LogP contribution in [0.25, 0.3) is 39.0 Å². The molecule has 10 rings (SSSR count). The summed E-state index contributed by atoms with van der Waals surface area (Å²) in [6, 6.07) is 78.6. The molecule has 0 saturated carbocycles. The van der Waals surface area contributed by atoms with Crippen molar-refractivity contribution in [1.82, 2.24) is 0 Å². The summed E-state index contributed by atoms with van der Waals surface area (Å²) in [7, 11) is 0. The van der Waals surface area contributed by atoms with Crippen LogP contribution in [0.5, 0.6) is 0 Å². The van der Waals surface area contributed by atoms with Crippen molar-refractivity contribution >= 4 is 28.3 Å². The third-order valence-corrected chi connectivity index (χ3v) is 12.2. The minimum atomic E-state index is 0.385. The van der Waals surface area contributed by atoms with Crippen LogP contribution in [-0.4, -0.2) is 0 Å². The summed E-state index contributed by atoms with van der Waals surface area (Å²) in [6.45, 7) is 0. The van der Waals surface area contributed by atoms with Gasteiger partial charge in [-0.2, -0.15) is 0 Å². The average molecular weight is 797 g/mol. The molecule has 298 valence electrons. The van der Waals surface area contributed by atoms with E-state index >= 15 is 0 Å². The first kappa shape index (κ1) is 38.5. The summed E-state index contributed by atoms with van der Waals surface area (Å²) < 4.78 is 0. The lowest BCUT2D eigenvalue weighted by molar-refractivity contribution is 0.828. The van der Waals surface area contributed by atoms with Gasteiger partial charge in [0.05, 0.1) is 0 Å². The van der Waals surface area contributed by atoms with E-state index in [-0.39, 0.29) is 0 Å². The normalized spacial score (nSPS) is 14.6. The zero-order valence-electron chi connectivity index (χ0n) is 34.8. The van der Waals surface area contributed by atoms with Crippen molar-refractivity contribution < 1.29 is 0 Å². The molecule has 0 saturated heterocycles. The number of anilines is 4. The molecule has 0 radical (unpaired) electrons. The first-order valence-corrected chi connectivity index (χ1v) is 21.7. The Hall–Kier alpha value is -7.68.